The molecule has 2 aromatic carbocycles. The van der Waals surface area contributed by atoms with Gasteiger partial charge in [0.2, 0.25) is 0 Å². The van der Waals surface area contributed by atoms with E-state index in [1.807, 2.05) is 6.92 Å². The van der Waals surface area contributed by atoms with E-state index in [1.54, 1.807) is 36.4 Å². The van der Waals surface area contributed by atoms with Crippen LogP contribution in [0, 0.1) is 6.92 Å². The number of sulfonamides is 1. The van der Waals surface area contributed by atoms with Crippen molar-refractivity contribution in [2.75, 3.05) is 17.1 Å². The molecule has 0 aromatic heterocycles. The van der Waals surface area contributed by atoms with E-state index in [1.165, 1.54) is 17.4 Å². The molecule has 0 heterocycles. The third-order valence-corrected chi connectivity index (χ3v) is 5.17. The normalized spacial score (nSPS) is 11.3. The fourth-order valence-electron chi connectivity index (χ4n) is 1.73. The van der Waals surface area contributed by atoms with Crippen molar-refractivity contribution in [2.24, 2.45) is 0 Å². The largest absolute Gasteiger partial charge is 0.397 e. The summed E-state index contributed by atoms with van der Waals surface area (Å²) < 4.78 is 26.2. The van der Waals surface area contributed by atoms with E-state index in [0.29, 0.717) is 16.4 Å². The van der Waals surface area contributed by atoms with Crippen molar-refractivity contribution < 1.29 is 8.42 Å². The molecule has 4 nitrogen and oxygen atoms in total. The Balaban J connectivity index is 2.42. The molecule has 0 aliphatic rings. The maximum atomic E-state index is 12.5. The van der Waals surface area contributed by atoms with Crippen LogP contribution in [-0.4, -0.2) is 15.5 Å². The molecule has 0 spiro atoms. The van der Waals surface area contributed by atoms with Crippen molar-refractivity contribution in [3.63, 3.8) is 0 Å². The number of nitrogens with zero attached hydrogens (tertiary/aromatic N) is 1. The summed E-state index contributed by atoms with van der Waals surface area (Å²) in [4.78, 5) is 0.235. The molecule has 0 fully saturated rings. The van der Waals surface area contributed by atoms with Crippen molar-refractivity contribution in [3.8, 4) is 0 Å². The Morgan fingerprint density at radius 2 is 1.70 bits per heavy atom. The Labute approximate surface area is 123 Å². The molecular formula is C14H15ClN2O2S. The Bertz CT molecular complexity index is 727. The average Bonchev–Trinajstić information content (AvgIpc) is 2.41. The SMILES string of the molecule is Cc1ccc(S(=O)(=O)N(C)c2ccc(Cl)c(N)c2)cc1. The second-order valence-electron chi connectivity index (χ2n) is 4.49. The van der Waals surface area contributed by atoms with Crippen LogP contribution in [0.3, 0.4) is 0 Å². The first kappa shape index (κ1) is 14.7. The Kier molecular flexibility index (Phi) is 3.92. The van der Waals surface area contributed by atoms with Gasteiger partial charge in [-0.15, -0.1) is 0 Å². The quantitative estimate of drug-likeness (QED) is 0.886. The van der Waals surface area contributed by atoms with E-state index in [-0.39, 0.29) is 4.90 Å². The van der Waals surface area contributed by atoms with Gasteiger partial charge in [0.05, 0.1) is 21.3 Å². The highest BCUT2D eigenvalue weighted by Crippen LogP contribution is 2.27. The average molecular weight is 311 g/mol. The first-order chi connectivity index (χ1) is 9.32. The van der Waals surface area contributed by atoms with E-state index >= 15 is 0 Å². The maximum absolute atomic E-state index is 12.5. The molecule has 6 heteroatoms. The zero-order valence-electron chi connectivity index (χ0n) is 11.2. The molecule has 20 heavy (non-hydrogen) atoms. The first-order valence-corrected chi connectivity index (χ1v) is 7.75. The number of benzene rings is 2. The predicted octanol–water partition coefficient (Wildman–Crippen LogP) is 3.06. The lowest BCUT2D eigenvalue weighted by atomic mass is 10.2. The Morgan fingerprint density at radius 3 is 2.25 bits per heavy atom. The molecule has 0 radical (unpaired) electrons. The van der Waals surface area contributed by atoms with E-state index in [2.05, 4.69) is 0 Å². The van der Waals surface area contributed by atoms with Gasteiger partial charge >= 0.3 is 0 Å². The highest BCUT2D eigenvalue weighted by atomic mass is 35.5. The molecule has 0 unspecified atom stereocenters. The van der Waals surface area contributed by atoms with Gasteiger partial charge in [0.25, 0.3) is 10.0 Å². The summed E-state index contributed by atoms with van der Waals surface area (Å²) in [6.45, 7) is 1.90. The predicted molar refractivity (Wildman–Crippen MR) is 82.6 cm³/mol. The molecular weight excluding hydrogens is 296 g/mol. The van der Waals surface area contributed by atoms with Crippen molar-refractivity contribution in [1.29, 1.82) is 0 Å². The van der Waals surface area contributed by atoms with Gasteiger partial charge in [-0.1, -0.05) is 29.3 Å². The molecule has 2 rings (SSSR count). The van der Waals surface area contributed by atoms with Gasteiger partial charge in [-0.3, -0.25) is 4.31 Å². The molecule has 2 aromatic rings. The minimum absolute atomic E-state index is 0.235. The zero-order chi connectivity index (χ0) is 14.9. The molecule has 0 aliphatic carbocycles. The van der Waals surface area contributed by atoms with Crippen LogP contribution in [0.1, 0.15) is 5.56 Å². The van der Waals surface area contributed by atoms with Gasteiger partial charge in [-0.05, 0) is 37.3 Å². The van der Waals surface area contributed by atoms with E-state index in [4.69, 9.17) is 17.3 Å². The van der Waals surface area contributed by atoms with Crippen molar-refractivity contribution in [1.82, 2.24) is 0 Å². The second kappa shape index (κ2) is 5.34. The fourth-order valence-corrected chi connectivity index (χ4v) is 3.04. The third-order valence-electron chi connectivity index (χ3n) is 3.02. The number of halogens is 1. The van der Waals surface area contributed by atoms with Crippen LogP contribution in [-0.2, 0) is 10.0 Å². The van der Waals surface area contributed by atoms with Gasteiger partial charge in [0.1, 0.15) is 0 Å². The summed E-state index contributed by atoms with van der Waals surface area (Å²) in [5.74, 6) is 0. The molecule has 0 bridgehead atoms. The van der Waals surface area contributed by atoms with Crippen molar-refractivity contribution in [2.45, 2.75) is 11.8 Å². The van der Waals surface area contributed by atoms with Crippen LogP contribution < -0.4 is 10.0 Å². The monoisotopic (exact) mass is 310 g/mol. The van der Waals surface area contributed by atoms with Gasteiger partial charge in [-0.2, -0.15) is 0 Å². The minimum atomic E-state index is -3.60. The summed E-state index contributed by atoms with van der Waals surface area (Å²) in [6, 6.07) is 11.4. The number of aryl methyl sites for hydroxylation is 1. The Hall–Kier alpha value is -1.72. The van der Waals surface area contributed by atoms with Gasteiger partial charge in [0.15, 0.2) is 0 Å². The smallest absolute Gasteiger partial charge is 0.264 e. The number of anilines is 2. The molecule has 0 saturated carbocycles. The topological polar surface area (TPSA) is 63.4 Å². The number of rotatable bonds is 3. The Morgan fingerprint density at radius 1 is 1.10 bits per heavy atom. The first-order valence-electron chi connectivity index (χ1n) is 5.93. The summed E-state index contributed by atoms with van der Waals surface area (Å²) in [5, 5.41) is 0.398. The standard InChI is InChI=1S/C14H15ClN2O2S/c1-10-3-6-12(7-4-10)20(18,19)17(2)11-5-8-13(15)14(16)9-11/h3-9H,16H2,1-2H3. The molecule has 0 saturated heterocycles. The number of hydrogen-bond acceptors (Lipinski definition) is 3. The summed E-state index contributed by atoms with van der Waals surface area (Å²) in [5.41, 5.74) is 7.52. The zero-order valence-corrected chi connectivity index (χ0v) is 12.7. The third kappa shape index (κ3) is 2.73. The van der Waals surface area contributed by atoms with E-state index in [0.717, 1.165) is 5.56 Å². The molecule has 0 amide bonds. The van der Waals surface area contributed by atoms with Crippen LogP contribution >= 0.6 is 11.6 Å². The van der Waals surface area contributed by atoms with E-state index in [9.17, 15) is 8.42 Å². The second-order valence-corrected chi connectivity index (χ2v) is 6.87. The highest BCUT2D eigenvalue weighted by Gasteiger charge is 2.21. The lowest BCUT2D eigenvalue weighted by molar-refractivity contribution is 0.594. The molecule has 2 N–H and O–H groups in total. The number of nitrogens with two attached hydrogens (primary N) is 1. The number of hydrogen-bond donors (Lipinski definition) is 1. The van der Waals surface area contributed by atoms with E-state index < -0.39 is 10.0 Å². The van der Waals surface area contributed by atoms with Crippen molar-refractivity contribution in [3.05, 3.63) is 53.1 Å². The van der Waals surface area contributed by atoms with Gasteiger partial charge < -0.3 is 5.73 Å². The van der Waals surface area contributed by atoms with Gasteiger partial charge in [0, 0.05) is 7.05 Å². The molecule has 0 atom stereocenters. The fraction of sp³-hybridized carbons (Fsp3) is 0.143. The van der Waals surface area contributed by atoms with Crippen LogP contribution in [0.5, 0.6) is 0 Å². The lowest BCUT2D eigenvalue weighted by Gasteiger charge is -2.20. The molecule has 0 aliphatic heterocycles. The summed E-state index contributed by atoms with van der Waals surface area (Å²) >= 11 is 5.84. The highest BCUT2D eigenvalue weighted by molar-refractivity contribution is 7.92. The lowest BCUT2D eigenvalue weighted by Crippen LogP contribution is -2.26. The van der Waals surface area contributed by atoms with Gasteiger partial charge in [-0.25, -0.2) is 8.42 Å². The van der Waals surface area contributed by atoms with Crippen LogP contribution in [0.25, 0.3) is 0 Å². The van der Waals surface area contributed by atoms with Crippen LogP contribution in [0.4, 0.5) is 11.4 Å². The number of nitrogen functional groups attached to an aromatic ring is 1. The minimum Gasteiger partial charge on any atom is -0.397 e. The van der Waals surface area contributed by atoms with Crippen molar-refractivity contribution >= 4 is 33.0 Å². The maximum Gasteiger partial charge on any atom is 0.264 e. The van der Waals surface area contributed by atoms with Crippen LogP contribution in [0.15, 0.2) is 47.4 Å². The molecule has 106 valence electrons. The summed E-state index contributed by atoms with van der Waals surface area (Å²) in [6.07, 6.45) is 0. The van der Waals surface area contributed by atoms with Crippen LogP contribution in [0.2, 0.25) is 5.02 Å². The summed E-state index contributed by atoms with van der Waals surface area (Å²) in [7, 11) is -2.12.